The lowest BCUT2D eigenvalue weighted by molar-refractivity contribution is 0.279. The smallest absolute Gasteiger partial charge is 0.252 e. The quantitative estimate of drug-likeness (QED) is 0.768. The highest BCUT2D eigenvalue weighted by Gasteiger charge is 2.28. The zero-order valence-corrected chi connectivity index (χ0v) is 16.8. The van der Waals surface area contributed by atoms with Gasteiger partial charge in [-0.05, 0) is 42.8 Å². The van der Waals surface area contributed by atoms with Crippen molar-refractivity contribution in [1.82, 2.24) is 9.21 Å². The van der Waals surface area contributed by atoms with Gasteiger partial charge < -0.3 is 5.73 Å². The molecule has 1 aromatic carbocycles. The van der Waals surface area contributed by atoms with E-state index >= 15 is 0 Å². The minimum absolute atomic E-state index is 0. The Hall–Kier alpha value is -0.830. The van der Waals surface area contributed by atoms with Crippen LogP contribution in [0.1, 0.15) is 12.0 Å². The molecule has 0 unspecified atom stereocenters. The molecular weight excluding hydrogens is 401 g/mol. The number of sulfonamides is 1. The second-order valence-electron chi connectivity index (χ2n) is 5.84. The first-order valence-electron chi connectivity index (χ1n) is 7.77. The summed E-state index contributed by atoms with van der Waals surface area (Å²) in [6.07, 6.45) is 0.806. The van der Waals surface area contributed by atoms with E-state index in [1.165, 1.54) is 0 Å². The van der Waals surface area contributed by atoms with Crippen molar-refractivity contribution in [3.63, 3.8) is 0 Å². The van der Waals surface area contributed by atoms with Crippen LogP contribution < -0.4 is 5.73 Å². The van der Waals surface area contributed by atoms with Crippen molar-refractivity contribution in [2.24, 2.45) is 0 Å². The molecule has 1 aromatic heterocycles. The fraction of sp³-hybridized carbons (Fsp3) is 0.375. The maximum atomic E-state index is 12.7. The van der Waals surface area contributed by atoms with E-state index in [0.29, 0.717) is 28.2 Å². The average molecular weight is 422 g/mol. The van der Waals surface area contributed by atoms with Gasteiger partial charge in [-0.1, -0.05) is 23.7 Å². The maximum Gasteiger partial charge on any atom is 0.252 e. The molecule has 0 aliphatic carbocycles. The van der Waals surface area contributed by atoms with Crippen molar-refractivity contribution in [2.45, 2.75) is 17.2 Å². The van der Waals surface area contributed by atoms with Gasteiger partial charge in [-0.3, -0.25) is 4.90 Å². The largest absolute Gasteiger partial charge is 0.399 e. The number of nitrogens with zero attached hydrogens (tertiary/aromatic N) is 2. The van der Waals surface area contributed by atoms with Crippen molar-refractivity contribution < 1.29 is 8.42 Å². The van der Waals surface area contributed by atoms with Crippen LogP contribution in [-0.2, 0) is 16.6 Å². The molecule has 2 heterocycles. The Kier molecular flexibility index (Phi) is 7.13. The topological polar surface area (TPSA) is 66.6 Å². The molecule has 25 heavy (non-hydrogen) atoms. The van der Waals surface area contributed by atoms with E-state index in [-0.39, 0.29) is 12.4 Å². The van der Waals surface area contributed by atoms with Gasteiger partial charge in [-0.2, -0.15) is 4.31 Å². The number of benzene rings is 1. The van der Waals surface area contributed by atoms with Gasteiger partial charge in [0.2, 0.25) is 0 Å². The molecule has 1 fully saturated rings. The summed E-state index contributed by atoms with van der Waals surface area (Å²) in [5.41, 5.74) is 7.72. The van der Waals surface area contributed by atoms with Gasteiger partial charge in [0, 0.05) is 31.9 Å². The van der Waals surface area contributed by atoms with E-state index in [4.69, 9.17) is 17.3 Å². The van der Waals surface area contributed by atoms with Gasteiger partial charge in [-0.25, -0.2) is 8.42 Å². The highest BCUT2D eigenvalue weighted by Crippen LogP contribution is 2.28. The van der Waals surface area contributed by atoms with E-state index < -0.39 is 10.0 Å². The molecule has 1 aliphatic heterocycles. The Balaban J connectivity index is 0.00000225. The molecule has 0 amide bonds. The van der Waals surface area contributed by atoms with E-state index in [1.807, 2.05) is 24.3 Å². The molecule has 1 aliphatic rings. The molecule has 0 bridgehead atoms. The lowest BCUT2D eigenvalue weighted by atomic mass is 10.2. The van der Waals surface area contributed by atoms with E-state index in [2.05, 4.69) is 4.90 Å². The summed E-state index contributed by atoms with van der Waals surface area (Å²) in [5, 5.41) is 0. The minimum atomic E-state index is -3.45. The van der Waals surface area contributed by atoms with Gasteiger partial charge in [0.05, 0.1) is 4.34 Å². The van der Waals surface area contributed by atoms with Gasteiger partial charge in [0.25, 0.3) is 10.0 Å². The number of rotatable bonds is 4. The lowest BCUT2D eigenvalue weighted by Gasteiger charge is -2.21. The molecule has 0 saturated carbocycles. The highest BCUT2D eigenvalue weighted by atomic mass is 35.5. The Morgan fingerprint density at radius 3 is 2.60 bits per heavy atom. The predicted molar refractivity (Wildman–Crippen MR) is 106 cm³/mol. The monoisotopic (exact) mass is 421 g/mol. The van der Waals surface area contributed by atoms with E-state index in [0.717, 1.165) is 42.1 Å². The van der Waals surface area contributed by atoms with Gasteiger partial charge in [-0.15, -0.1) is 23.7 Å². The van der Waals surface area contributed by atoms with Gasteiger partial charge >= 0.3 is 0 Å². The van der Waals surface area contributed by atoms with Crippen molar-refractivity contribution in [3.8, 4) is 0 Å². The van der Waals surface area contributed by atoms with Crippen molar-refractivity contribution in [2.75, 3.05) is 31.9 Å². The van der Waals surface area contributed by atoms with Crippen LogP contribution in [0.5, 0.6) is 0 Å². The molecule has 9 heteroatoms. The predicted octanol–water partition coefficient (Wildman–Crippen LogP) is 3.30. The summed E-state index contributed by atoms with van der Waals surface area (Å²) in [4.78, 5) is 2.27. The molecule has 2 N–H and O–H groups in total. The van der Waals surface area contributed by atoms with Crippen LogP contribution in [0.15, 0.2) is 40.6 Å². The molecular formula is C16H21Cl2N3O2S2. The number of anilines is 1. The summed E-state index contributed by atoms with van der Waals surface area (Å²) in [6, 6.07) is 11.0. The Labute approximate surface area is 163 Å². The zero-order valence-electron chi connectivity index (χ0n) is 13.6. The van der Waals surface area contributed by atoms with Gasteiger partial charge in [0.1, 0.15) is 4.21 Å². The molecule has 5 nitrogen and oxygen atoms in total. The average Bonchev–Trinajstić information content (AvgIpc) is 2.84. The molecule has 0 radical (unpaired) electrons. The number of nitrogens with two attached hydrogens (primary N) is 1. The normalized spacial score (nSPS) is 17.0. The lowest BCUT2D eigenvalue weighted by Crippen LogP contribution is -2.34. The molecule has 3 rings (SSSR count). The van der Waals surface area contributed by atoms with Crippen LogP contribution >= 0.6 is 35.3 Å². The molecule has 1 saturated heterocycles. The summed E-state index contributed by atoms with van der Waals surface area (Å²) in [5.74, 6) is 0. The number of halogens is 2. The zero-order chi connectivity index (χ0) is 17.2. The Morgan fingerprint density at radius 1 is 1.12 bits per heavy atom. The fourth-order valence-electron chi connectivity index (χ4n) is 2.86. The number of hydrogen-bond acceptors (Lipinski definition) is 5. The Morgan fingerprint density at radius 2 is 1.92 bits per heavy atom. The molecule has 2 aromatic rings. The highest BCUT2D eigenvalue weighted by molar-refractivity contribution is 7.91. The van der Waals surface area contributed by atoms with E-state index in [1.54, 1.807) is 16.4 Å². The van der Waals surface area contributed by atoms with Crippen molar-refractivity contribution in [3.05, 3.63) is 46.3 Å². The summed E-state index contributed by atoms with van der Waals surface area (Å²) in [6.45, 7) is 3.37. The third-order valence-electron chi connectivity index (χ3n) is 4.05. The van der Waals surface area contributed by atoms with Crippen LogP contribution in [0.2, 0.25) is 4.34 Å². The summed E-state index contributed by atoms with van der Waals surface area (Å²) in [7, 11) is -3.45. The minimum Gasteiger partial charge on any atom is -0.399 e. The van der Waals surface area contributed by atoms with Crippen LogP contribution in [-0.4, -0.2) is 43.8 Å². The third kappa shape index (κ3) is 5.09. The standard InChI is InChI=1S/C16H20ClN3O2S2.ClH/c17-15-5-6-16(23-15)24(21,22)20-8-2-7-19(9-10-20)12-13-3-1-4-14(18)11-13;/h1,3-6,11H,2,7-10,12,18H2;1H. The van der Waals surface area contributed by atoms with Crippen LogP contribution in [0.3, 0.4) is 0 Å². The summed E-state index contributed by atoms with van der Waals surface area (Å²) < 4.78 is 27.8. The number of nitrogen functional groups attached to an aromatic ring is 1. The third-order valence-corrected chi connectivity index (χ3v) is 7.64. The van der Waals surface area contributed by atoms with Crippen molar-refractivity contribution in [1.29, 1.82) is 0 Å². The first-order valence-corrected chi connectivity index (χ1v) is 10.4. The SMILES string of the molecule is Cl.Nc1cccc(CN2CCCN(S(=O)(=O)c3ccc(Cl)s3)CC2)c1. The summed E-state index contributed by atoms with van der Waals surface area (Å²) >= 11 is 6.99. The first kappa shape index (κ1) is 20.5. The first-order chi connectivity index (χ1) is 11.4. The van der Waals surface area contributed by atoms with E-state index in [9.17, 15) is 8.42 Å². The van der Waals surface area contributed by atoms with Crippen LogP contribution in [0.4, 0.5) is 5.69 Å². The molecule has 0 spiro atoms. The van der Waals surface area contributed by atoms with Gasteiger partial charge in [0.15, 0.2) is 0 Å². The Bertz CT molecular complexity index is 811. The second kappa shape index (κ2) is 8.70. The van der Waals surface area contributed by atoms with Crippen LogP contribution in [0.25, 0.3) is 0 Å². The number of hydrogen-bond donors (Lipinski definition) is 1. The maximum absolute atomic E-state index is 12.7. The fourth-order valence-corrected chi connectivity index (χ4v) is 5.97. The molecule has 138 valence electrons. The van der Waals surface area contributed by atoms with Crippen LogP contribution in [0, 0.1) is 0 Å². The molecule has 0 atom stereocenters. The van der Waals surface area contributed by atoms with Crippen molar-refractivity contribution >= 4 is 51.1 Å². The second-order valence-corrected chi connectivity index (χ2v) is 9.72. The number of thiophene rings is 1.